The number of carboxylic acid groups (broad SMARTS) is 1. The number of benzene rings is 2. The molecule has 4 rings (SSSR count). The fourth-order valence-corrected chi connectivity index (χ4v) is 4.86. The summed E-state index contributed by atoms with van der Waals surface area (Å²) in [6, 6.07) is 12.3. The second kappa shape index (κ2) is 8.33. The van der Waals surface area contributed by atoms with Crippen molar-refractivity contribution >= 4 is 17.3 Å². The van der Waals surface area contributed by atoms with Crippen LogP contribution in [0.5, 0.6) is 5.75 Å². The van der Waals surface area contributed by atoms with Crippen LogP contribution in [0, 0.1) is 12.7 Å². The summed E-state index contributed by atoms with van der Waals surface area (Å²) < 4.78 is 19.2. The van der Waals surface area contributed by atoms with Gasteiger partial charge in [-0.25, -0.2) is 9.37 Å². The molecular weight excluding hydrogens is 389 g/mol. The molecule has 0 aliphatic heterocycles. The Bertz CT molecular complexity index is 1030. The number of ether oxygens (including phenoxy) is 1. The Labute approximate surface area is 173 Å². The zero-order valence-electron chi connectivity index (χ0n) is 16.2. The first kappa shape index (κ1) is 19.6. The first-order chi connectivity index (χ1) is 14.0. The summed E-state index contributed by atoms with van der Waals surface area (Å²) >= 11 is 1.60. The molecule has 3 aromatic rings. The molecule has 1 heterocycles. The molecule has 29 heavy (non-hydrogen) atoms. The quantitative estimate of drug-likeness (QED) is 0.567. The molecule has 1 unspecified atom stereocenters. The van der Waals surface area contributed by atoms with E-state index in [0.717, 1.165) is 50.9 Å². The number of halogens is 1. The smallest absolute Gasteiger partial charge is 0.303 e. The second-order valence-corrected chi connectivity index (χ2v) is 8.49. The summed E-state index contributed by atoms with van der Waals surface area (Å²) in [5, 5.41) is 9.99. The van der Waals surface area contributed by atoms with Gasteiger partial charge in [-0.05, 0) is 67.1 Å². The Morgan fingerprint density at radius 1 is 1.28 bits per heavy atom. The van der Waals surface area contributed by atoms with Gasteiger partial charge < -0.3 is 9.84 Å². The molecule has 0 saturated heterocycles. The number of hydrogen-bond donors (Lipinski definition) is 1. The molecule has 2 aromatic carbocycles. The highest BCUT2D eigenvalue weighted by Crippen LogP contribution is 2.40. The minimum absolute atomic E-state index is 0.0742. The molecule has 150 valence electrons. The lowest BCUT2D eigenvalue weighted by Crippen LogP contribution is -2.05. The number of aliphatic carboxylic acids is 1. The monoisotopic (exact) mass is 411 g/mol. The number of nitrogens with zero attached hydrogens (tertiary/aromatic N) is 1. The summed E-state index contributed by atoms with van der Waals surface area (Å²) in [4.78, 5) is 16.9. The molecule has 4 nitrogen and oxygen atoms in total. The molecule has 0 radical (unpaired) electrons. The van der Waals surface area contributed by atoms with E-state index in [1.165, 1.54) is 12.1 Å². The van der Waals surface area contributed by atoms with Gasteiger partial charge in [0, 0.05) is 16.9 Å². The molecular formula is C23H22FNO3S. The van der Waals surface area contributed by atoms with Gasteiger partial charge in [-0.15, -0.1) is 11.3 Å². The van der Waals surface area contributed by atoms with E-state index in [9.17, 15) is 9.18 Å². The van der Waals surface area contributed by atoms with Crippen LogP contribution in [0.3, 0.4) is 0 Å². The standard InChI is InChI=1S/C23H22FNO3S/c1-14-20(25-23(29-14)15-5-8-17(24)9-6-15)11-12-28-21-4-2-3-18-16(13-22(26)27)7-10-19(18)21/h2-6,8-9,16H,7,10-13H2,1H3,(H,26,27). The highest BCUT2D eigenvalue weighted by atomic mass is 32.1. The van der Waals surface area contributed by atoms with Crippen molar-refractivity contribution < 1.29 is 19.0 Å². The third-order valence-electron chi connectivity index (χ3n) is 5.35. The average Bonchev–Trinajstić information content (AvgIpc) is 3.26. The average molecular weight is 411 g/mol. The van der Waals surface area contributed by atoms with E-state index >= 15 is 0 Å². The number of aromatic nitrogens is 1. The van der Waals surface area contributed by atoms with E-state index in [1.54, 1.807) is 23.5 Å². The summed E-state index contributed by atoms with van der Waals surface area (Å²) in [7, 11) is 0. The fraction of sp³-hybridized carbons (Fsp3) is 0.304. The number of aryl methyl sites for hydroxylation is 1. The van der Waals surface area contributed by atoms with Gasteiger partial charge in [0.1, 0.15) is 16.6 Å². The molecule has 0 bridgehead atoms. The van der Waals surface area contributed by atoms with Gasteiger partial charge in [-0.3, -0.25) is 4.79 Å². The Morgan fingerprint density at radius 2 is 2.07 bits per heavy atom. The summed E-state index contributed by atoms with van der Waals surface area (Å²) in [6.45, 7) is 2.55. The SMILES string of the molecule is Cc1sc(-c2ccc(F)cc2)nc1CCOc1cccc2c1CCC2CC(=O)O. The Hall–Kier alpha value is -2.73. The Morgan fingerprint density at radius 3 is 2.83 bits per heavy atom. The minimum atomic E-state index is -0.759. The molecule has 0 spiro atoms. The molecule has 6 heteroatoms. The molecule has 1 atom stereocenters. The number of carbonyl (C=O) groups is 1. The summed E-state index contributed by atoms with van der Waals surface area (Å²) in [5.74, 6) is -0.0890. The van der Waals surface area contributed by atoms with Gasteiger partial charge in [0.2, 0.25) is 0 Å². The molecule has 0 saturated carbocycles. The predicted octanol–water partition coefficient (Wildman–Crippen LogP) is 5.38. The second-order valence-electron chi connectivity index (χ2n) is 7.28. The molecule has 1 aliphatic rings. The third kappa shape index (κ3) is 4.32. The van der Waals surface area contributed by atoms with Crippen molar-refractivity contribution in [3.8, 4) is 16.3 Å². The lowest BCUT2D eigenvalue weighted by molar-refractivity contribution is -0.137. The van der Waals surface area contributed by atoms with Crippen molar-refractivity contribution in [1.82, 2.24) is 4.98 Å². The van der Waals surface area contributed by atoms with Crippen molar-refractivity contribution in [3.63, 3.8) is 0 Å². The fourth-order valence-electron chi connectivity index (χ4n) is 3.90. The highest BCUT2D eigenvalue weighted by molar-refractivity contribution is 7.15. The topological polar surface area (TPSA) is 59.4 Å². The van der Waals surface area contributed by atoms with E-state index in [4.69, 9.17) is 14.8 Å². The van der Waals surface area contributed by atoms with Crippen LogP contribution in [0.15, 0.2) is 42.5 Å². The van der Waals surface area contributed by atoms with Gasteiger partial charge in [0.25, 0.3) is 0 Å². The maximum atomic E-state index is 13.1. The van der Waals surface area contributed by atoms with E-state index < -0.39 is 5.97 Å². The van der Waals surface area contributed by atoms with Crippen LogP contribution in [-0.2, 0) is 17.6 Å². The number of fused-ring (bicyclic) bond motifs is 1. The van der Waals surface area contributed by atoms with Gasteiger partial charge in [0.05, 0.1) is 18.7 Å². The van der Waals surface area contributed by atoms with Gasteiger partial charge >= 0.3 is 5.97 Å². The van der Waals surface area contributed by atoms with Crippen LogP contribution in [0.4, 0.5) is 4.39 Å². The van der Waals surface area contributed by atoms with Crippen molar-refractivity contribution in [2.24, 2.45) is 0 Å². The van der Waals surface area contributed by atoms with Crippen LogP contribution in [0.2, 0.25) is 0 Å². The maximum absolute atomic E-state index is 13.1. The summed E-state index contributed by atoms with van der Waals surface area (Å²) in [6.07, 6.45) is 2.56. The van der Waals surface area contributed by atoms with Crippen molar-refractivity contribution in [1.29, 1.82) is 0 Å². The lowest BCUT2D eigenvalue weighted by atomic mass is 9.98. The van der Waals surface area contributed by atoms with Crippen LogP contribution in [0.25, 0.3) is 10.6 Å². The normalized spacial score (nSPS) is 15.3. The Balaban J connectivity index is 1.42. The highest BCUT2D eigenvalue weighted by Gasteiger charge is 2.27. The molecule has 1 aliphatic carbocycles. The van der Waals surface area contributed by atoms with E-state index in [0.29, 0.717) is 13.0 Å². The Kier molecular flexibility index (Phi) is 5.62. The van der Waals surface area contributed by atoms with Gasteiger partial charge in [0.15, 0.2) is 0 Å². The number of thiazole rings is 1. The largest absolute Gasteiger partial charge is 0.493 e. The molecule has 0 amide bonds. The van der Waals surface area contributed by atoms with E-state index in [2.05, 4.69) is 0 Å². The zero-order valence-corrected chi connectivity index (χ0v) is 17.0. The zero-order chi connectivity index (χ0) is 20.4. The lowest BCUT2D eigenvalue weighted by Gasteiger charge is -2.12. The number of rotatable bonds is 7. The maximum Gasteiger partial charge on any atom is 0.303 e. The van der Waals surface area contributed by atoms with Crippen LogP contribution in [-0.4, -0.2) is 22.7 Å². The summed E-state index contributed by atoms with van der Waals surface area (Å²) in [5.41, 5.74) is 4.15. The van der Waals surface area contributed by atoms with Gasteiger partial charge in [-0.1, -0.05) is 12.1 Å². The first-order valence-electron chi connectivity index (χ1n) is 9.70. The molecule has 1 N–H and O–H groups in total. The number of carboxylic acids is 1. The van der Waals surface area contributed by atoms with Crippen LogP contribution >= 0.6 is 11.3 Å². The minimum Gasteiger partial charge on any atom is -0.493 e. The number of hydrogen-bond acceptors (Lipinski definition) is 4. The van der Waals surface area contributed by atoms with Gasteiger partial charge in [-0.2, -0.15) is 0 Å². The first-order valence-corrected chi connectivity index (χ1v) is 10.5. The molecule has 1 aromatic heterocycles. The van der Waals surface area contributed by atoms with E-state index in [-0.39, 0.29) is 18.2 Å². The predicted molar refractivity (Wildman–Crippen MR) is 111 cm³/mol. The van der Waals surface area contributed by atoms with Crippen LogP contribution < -0.4 is 4.74 Å². The third-order valence-corrected chi connectivity index (χ3v) is 6.42. The van der Waals surface area contributed by atoms with Crippen molar-refractivity contribution in [2.45, 2.75) is 38.5 Å². The molecule has 0 fully saturated rings. The van der Waals surface area contributed by atoms with Crippen molar-refractivity contribution in [2.75, 3.05) is 6.61 Å². The van der Waals surface area contributed by atoms with Crippen LogP contribution in [0.1, 0.15) is 40.5 Å². The van der Waals surface area contributed by atoms with E-state index in [1.807, 2.05) is 25.1 Å². The van der Waals surface area contributed by atoms with Crippen molar-refractivity contribution in [3.05, 3.63) is 70.0 Å².